The van der Waals surface area contributed by atoms with Crippen molar-refractivity contribution in [1.82, 2.24) is 4.72 Å². The predicted molar refractivity (Wildman–Crippen MR) is 139 cm³/mol. The number of carbonyl (C=O) groups is 2. The summed E-state index contributed by atoms with van der Waals surface area (Å²) in [4.78, 5) is 28.5. The number of benzene rings is 2. The molecule has 10 heteroatoms. The third kappa shape index (κ3) is 3.91. The molecule has 2 aromatic carbocycles. The van der Waals surface area contributed by atoms with E-state index >= 15 is 0 Å². The van der Waals surface area contributed by atoms with Gasteiger partial charge in [-0.25, -0.2) is 18.0 Å². The highest BCUT2D eigenvalue weighted by Gasteiger charge is 2.76. The maximum absolute atomic E-state index is 13.7. The van der Waals surface area contributed by atoms with E-state index in [9.17, 15) is 23.3 Å². The molecular weight excluding hydrogens is 558 g/mol. The maximum atomic E-state index is 13.7. The molecule has 3 unspecified atom stereocenters. The summed E-state index contributed by atoms with van der Waals surface area (Å²) in [6.45, 7) is 5.19. The average Bonchev–Trinajstić information content (AvgIpc) is 3.37. The van der Waals surface area contributed by atoms with Crippen LogP contribution in [0.3, 0.4) is 0 Å². The highest BCUT2D eigenvalue weighted by molar-refractivity contribution is 9.10. The smallest absolute Gasteiger partial charge is 0.240 e. The van der Waals surface area contributed by atoms with Crippen molar-refractivity contribution >= 4 is 43.5 Å². The van der Waals surface area contributed by atoms with E-state index < -0.39 is 45.0 Å². The van der Waals surface area contributed by atoms with Crippen molar-refractivity contribution < 1.29 is 22.7 Å². The SMILES string of the molecule is CC#CCc1cccc(S(=O)(=O)NC2C[C@@]3(C)O[C@]2(C)C2C(=O)N(c4ccc(C#N)c(Br)c4)C(=O)C23)c1. The third-order valence-electron chi connectivity index (χ3n) is 7.64. The van der Waals surface area contributed by atoms with Crippen LogP contribution in [0, 0.1) is 35.0 Å². The van der Waals surface area contributed by atoms with Gasteiger partial charge in [0.1, 0.15) is 6.07 Å². The van der Waals surface area contributed by atoms with Crippen LogP contribution in [0.25, 0.3) is 0 Å². The van der Waals surface area contributed by atoms with Gasteiger partial charge in [0.05, 0.1) is 45.2 Å². The lowest BCUT2D eigenvalue weighted by atomic mass is 9.67. The van der Waals surface area contributed by atoms with Crippen LogP contribution in [0.2, 0.25) is 0 Å². The molecule has 0 spiro atoms. The lowest BCUT2D eigenvalue weighted by Gasteiger charge is -2.35. The van der Waals surface area contributed by atoms with Crippen LogP contribution in [-0.4, -0.2) is 37.5 Å². The van der Waals surface area contributed by atoms with Crippen molar-refractivity contribution in [3.05, 3.63) is 58.1 Å². The lowest BCUT2D eigenvalue weighted by Crippen LogP contribution is -2.56. The van der Waals surface area contributed by atoms with E-state index in [-0.39, 0.29) is 17.2 Å². The van der Waals surface area contributed by atoms with Crippen LogP contribution in [0.4, 0.5) is 5.69 Å². The van der Waals surface area contributed by atoms with E-state index in [0.29, 0.717) is 22.1 Å². The first-order chi connectivity index (χ1) is 17.4. The Morgan fingerprint density at radius 1 is 1.16 bits per heavy atom. The van der Waals surface area contributed by atoms with Crippen LogP contribution in [0.1, 0.15) is 38.3 Å². The first-order valence-electron chi connectivity index (χ1n) is 11.7. The Morgan fingerprint density at radius 3 is 2.57 bits per heavy atom. The van der Waals surface area contributed by atoms with Crippen molar-refractivity contribution in [3.63, 3.8) is 0 Å². The zero-order valence-electron chi connectivity index (χ0n) is 20.4. The molecule has 2 bridgehead atoms. The second-order valence-corrected chi connectivity index (χ2v) is 12.5. The zero-order chi connectivity index (χ0) is 26.8. The summed E-state index contributed by atoms with van der Waals surface area (Å²) in [6, 6.07) is 12.6. The number of nitrogens with one attached hydrogen (secondary N) is 1. The van der Waals surface area contributed by atoms with Crippen LogP contribution in [-0.2, 0) is 30.8 Å². The number of nitriles is 1. The van der Waals surface area contributed by atoms with Gasteiger partial charge in [0.25, 0.3) is 0 Å². The first kappa shape index (κ1) is 25.6. The van der Waals surface area contributed by atoms with E-state index in [4.69, 9.17) is 4.74 Å². The molecule has 3 aliphatic heterocycles. The fourth-order valence-corrected chi connectivity index (χ4v) is 7.82. The van der Waals surface area contributed by atoms with Gasteiger partial charge >= 0.3 is 0 Å². The van der Waals surface area contributed by atoms with Gasteiger partial charge in [-0.05, 0) is 79.0 Å². The van der Waals surface area contributed by atoms with Crippen LogP contribution in [0.5, 0.6) is 0 Å². The summed E-state index contributed by atoms with van der Waals surface area (Å²) in [5.41, 5.74) is -0.725. The monoisotopic (exact) mass is 581 g/mol. The molecular formula is C27H24BrN3O5S. The molecule has 0 aromatic heterocycles. The fourth-order valence-electron chi connectivity index (χ4n) is 5.97. The van der Waals surface area contributed by atoms with E-state index in [1.54, 1.807) is 51.1 Å². The molecule has 0 radical (unpaired) electrons. The highest BCUT2D eigenvalue weighted by atomic mass is 79.9. The van der Waals surface area contributed by atoms with E-state index in [2.05, 4.69) is 32.5 Å². The standard InChI is InChI=1S/C27H24BrN3O5S/c1-4-5-7-16-8-6-9-19(12-16)37(34,35)30-21-14-26(2)22-23(27(21,3)36-26)25(33)31(24(22)32)18-11-10-17(15-29)20(28)13-18/h6,8-13,21-23,30H,7,14H2,1-3H3/t21?,22?,23?,26-,27+/m1/s1. The van der Waals surface area contributed by atoms with E-state index in [0.717, 1.165) is 10.5 Å². The van der Waals surface area contributed by atoms with Crippen molar-refractivity contribution in [3.8, 4) is 17.9 Å². The number of sulfonamides is 1. The van der Waals surface area contributed by atoms with Crippen molar-refractivity contribution in [1.29, 1.82) is 5.26 Å². The molecule has 2 aromatic rings. The Morgan fingerprint density at radius 2 is 1.89 bits per heavy atom. The fraction of sp³-hybridized carbons (Fsp3) is 0.370. The van der Waals surface area contributed by atoms with E-state index in [1.807, 2.05) is 12.1 Å². The second-order valence-electron chi connectivity index (χ2n) is 9.97. The average molecular weight is 582 g/mol. The minimum Gasteiger partial charge on any atom is -0.366 e. The van der Waals surface area contributed by atoms with Crippen molar-refractivity contribution in [2.45, 2.75) is 55.8 Å². The Kier molecular flexibility index (Phi) is 6.08. The highest BCUT2D eigenvalue weighted by Crippen LogP contribution is 2.61. The number of imide groups is 1. The summed E-state index contributed by atoms with van der Waals surface area (Å²) >= 11 is 3.32. The molecule has 0 aliphatic carbocycles. The summed E-state index contributed by atoms with van der Waals surface area (Å²) in [5.74, 6) is 3.31. The molecule has 3 fully saturated rings. The molecule has 3 aliphatic rings. The zero-order valence-corrected chi connectivity index (χ0v) is 22.8. The number of ether oxygens (including phenoxy) is 1. The van der Waals surface area contributed by atoms with Crippen LogP contribution in [0.15, 0.2) is 51.8 Å². The Bertz CT molecular complexity index is 1560. The van der Waals surface area contributed by atoms with E-state index in [1.165, 1.54) is 6.07 Å². The minimum atomic E-state index is -3.94. The Balaban J connectivity index is 1.46. The molecule has 3 saturated heterocycles. The van der Waals surface area contributed by atoms with Gasteiger partial charge in [0.2, 0.25) is 21.8 Å². The van der Waals surface area contributed by atoms with Gasteiger partial charge in [-0.3, -0.25) is 9.59 Å². The molecule has 190 valence electrons. The molecule has 1 N–H and O–H groups in total. The van der Waals surface area contributed by atoms with Gasteiger partial charge in [0.15, 0.2) is 0 Å². The molecule has 0 saturated carbocycles. The number of anilines is 1. The van der Waals surface area contributed by atoms with Gasteiger partial charge in [-0.2, -0.15) is 5.26 Å². The van der Waals surface area contributed by atoms with Gasteiger partial charge < -0.3 is 4.74 Å². The minimum absolute atomic E-state index is 0.105. The molecule has 3 heterocycles. The van der Waals surface area contributed by atoms with Gasteiger partial charge in [-0.15, -0.1) is 5.92 Å². The molecule has 8 nitrogen and oxygen atoms in total. The third-order valence-corrected chi connectivity index (χ3v) is 9.77. The summed E-state index contributed by atoms with van der Waals surface area (Å²) in [7, 11) is -3.94. The number of amides is 2. The Labute approximate surface area is 224 Å². The van der Waals surface area contributed by atoms with Gasteiger partial charge in [-0.1, -0.05) is 18.1 Å². The quantitative estimate of drug-likeness (QED) is 0.428. The number of nitrogens with zero attached hydrogens (tertiary/aromatic N) is 2. The normalized spacial score (nSPS) is 30.1. The number of halogens is 1. The number of fused-ring (bicyclic) bond motifs is 5. The predicted octanol–water partition coefficient (Wildman–Crippen LogP) is 3.29. The first-order valence-corrected chi connectivity index (χ1v) is 14.0. The molecule has 2 amide bonds. The topological polar surface area (TPSA) is 117 Å². The summed E-state index contributed by atoms with van der Waals surface area (Å²) in [5, 5.41) is 9.21. The number of carbonyl (C=O) groups excluding carboxylic acids is 2. The molecule has 5 atom stereocenters. The number of hydrogen-bond acceptors (Lipinski definition) is 6. The van der Waals surface area contributed by atoms with Crippen LogP contribution >= 0.6 is 15.9 Å². The molecule has 5 rings (SSSR count). The Hall–Kier alpha value is -3.02. The van der Waals surface area contributed by atoms with Crippen molar-refractivity contribution in [2.24, 2.45) is 11.8 Å². The van der Waals surface area contributed by atoms with Crippen LogP contribution < -0.4 is 9.62 Å². The molecule has 37 heavy (non-hydrogen) atoms. The maximum Gasteiger partial charge on any atom is 0.240 e. The largest absolute Gasteiger partial charge is 0.366 e. The van der Waals surface area contributed by atoms with Crippen molar-refractivity contribution in [2.75, 3.05) is 4.90 Å². The van der Waals surface area contributed by atoms with Gasteiger partial charge in [0, 0.05) is 10.9 Å². The summed E-state index contributed by atoms with van der Waals surface area (Å²) < 4.78 is 36.3. The number of rotatable bonds is 5. The second kappa shape index (κ2) is 8.78. The number of hydrogen-bond donors (Lipinski definition) is 1. The summed E-state index contributed by atoms with van der Waals surface area (Å²) in [6.07, 6.45) is 0.679. The lowest BCUT2D eigenvalue weighted by molar-refractivity contribution is -0.129.